The first-order chi connectivity index (χ1) is 20.0. The van der Waals surface area contributed by atoms with E-state index in [0.29, 0.717) is 0 Å². The Morgan fingerprint density at radius 3 is 1.67 bits per heavy atom. The molecule has 206 valence electrons. The molecule has 2 aliphatic carbocycles. The monoisotopic (exact) mass is 545 g/mol. The molecular formula is C40H35NO. The van der Waals surface area contributed by atoms with E-state index in [-0.39, 0.29) is 22.0 Å². The average molecular weight is 546 g/mol. The van der Waals surface area contributed by atoms with Crippen LogP contribution in [0.3, 0.4) is 0 Å². The first-order valence-corrected chi connectivity index (χ1v) is 15.0. The quantitative estimate of drug-likeness (QED) is 0.202. The number of para-hydroxylation sites is 2. The molecule has 6 aromatic rings. The van der Waals surface area contributed by atoms with Crippen LogP contribution in [0.2, 0.25) is 0 Å². The van der Waals surface area contributed by atoms with E-state index in [1.165, 1.54) is 49.7 Å². The van der Waals surface area contributed by atoms with Crippen LogP contribution in [0.15, 0.2) is 103 Å². The van der Waals surface area contributed by atoms with Gasteiger partial charge >= 0.3 is 0 Å². The Morgan fingerprint density at radius 2 is 0.976 bits per heavy atom. The number of hydrogen-bond acceptors (Lipinski definition) is 1. The number of aromatic nitrogens is 1. The maximum atomic E-state index is 14.0. The van der Waals surface area contributed by atoms with E-state index in [9.17, 15) is 4.79 Å². The van der Waals surface area contributed by atoms with Crippen LogP contribution in [0.4, 0.5) is 0 Å². The molecule has 42 heavy (non-hydrogen) atoms. The highest BCUT2D eigenvalue weighted by Crippen LogP contribution is 2.53. The van der Waals surface area contributed by atoms with E-state index >= 15 is 0 Å². The van der Waals surface area contributed by atoms with Crippen LogP contribution in [0.1, 0.15) is 90.8 Å². The molecule has 0 spiro atoms. The Kier molecular flexibility index (Phi) is 4.88. The highest BCUT2D eigenvalue weighted by molar-refractivity contribution is 6.13. The van der Waals surface area contributed by atoms with Crippen molar-refractivity contribution in [3.63, 3.8) is 0 Å². The van der Waals surface area contributed by atoms with Crippen LogP contribution >= 0.6 is 0 Å². The lowest BCUT2D eigenvalue weighted by molar-refractivity contribution is 0.103. The van der Waals surface area contributed by atoms with Gasteiger partial charge < -0.3 is 4.57 Å². The summed E-state index contributed by atoms with van der Waals surface area (Å²) in [5.74, 6) is 0.140. The summed E-state index contributed by atoms with van der Waals surface area (Å²) in [7, 11) is 0. The molecule has 0 unspecified atom stereocenters. The normalized spacial score (nSPS) is 17.4. The second-order valence-electron chi connectivity index (χ2n) is 13.8. The number of carbonyl (C=O) groups is 1. The predicted octanol–water partition coefficient (Wildman–Crippen LogP) is 9.62. The van der Waals surface area contributed by atoms with E-state index in [0.717, 1.165) is 22.3 Å². The molecule has 1 aromatic heterocycles. The van der Waals surface area contributed by atoms with Crippen molar-refractivity contribution < 1.29 is 4.79 Å². The molecule has 1 heterocycles. The minimum Gasteiger partial charge on any atom is -0.309 e. The summed E-state index contributed by atoms with van der Waals surface area (Å²) in [6.07, 6.45) is 0. The van der Waals surface area contributed by atoms with Gasteiger partial charge in [-0.3, -0.25) is 4.79 Å². The van der Waals surface area contributed by atoms with Gasteiger partial charge in [-0.1, -0.05) is 114 Å². The fraction of sp³-hybridized carbons (Fsp3) is 0.225. The molecule has 0 atom stereocenters. The van der Waals surface area contributed by atoms with Gasteiger partial charge in [-0.25, -0.2) is 0 Å². The zero-order chi connectivity index (χ0) is 29.2. The maximum Gasteiger partial charge on any atom is 0.193 e. The van der Waals surface area contributed by atoms with Crippen molar-refractivity contribution in [3.05, 3.63) is 148 Å². The zero-order valence-corrected chi connectivity index (χ0v) is 25.2. The first kappa shape index (κ1) is 25.3. The zero-order valence-electron chi connectivity index (χ0n) is 25.2. The van der Waals surface area contributed by atoms with Crippen LogP contribution in [-0.4, -0.2) is 10.4 Å². The molecule has 0 saturated carbocycles. The van der Waals surface area contributed by atoms with Gasteiger partial charge in [0.05, 0.1) is 11.0 Å². The second kappa shape index (κ2) is 8.10. The number of benzene rings is 5. The van der Waals surface area contributed by atoms with Crippen molar-refractivity contribution in [2.24, 2.45) is 0 Å². The second-order valence-corrected chi connectivity index (χ2v) is 13.8. The van der Waals surface area contributed by atoms with Gasteiger partial charge in [-0.2, -0.15) is 0 Å². The number of fused-ring (bicyclic) bond motifs is 7. The molecule has 8 rings (SSSR count). The van der Waals surface area contributed by atoms with Crippen molar-refractivity contribution in [1.82, 2.24) is 4.57 Å². The van der Waals surface area contributed by atoms with Crippen molar-refractivity contribution in [2.75, 3.05) is 0 Å². The van der Waals surface area contributed by atoms with Gasteiger partial charge in [-0.15, -0.1) is 0 Å². The summed E-state index contributed by atoms with van der Waals surface area (Å²) in [5, 5.41) is 2.53. The van der Waals surface area contributed by atoms with Crippen LogP contribution < -0.4 is 0 Å². The number of rotatable bonds is 1. The Labute approximate surface area is 247 Å². The summed E-state index contributed by atoms with van der Waals surface area (Å²) >= 11 is 0. The van der Waals surface area contributed by atoms with E-state index in [1.54, 1.807) is 0 Å². The topological polar surface area (TPSA) is 22.0 Å². The first-order valence-electron chi connectivity index (χ1n) is 15.0. The largest absolute Gasteiger partial charge is 0.309 e. The van der Waals surface area contributed by atoms with E-state index < -0.39 is 0 Å². The van der Waals surface area contributed by atoms with Gasteiger partial charge in [0.15, 0.2) is 5.78 Å². The van der Waals surface area contributed by atoms with E-state index in [4.69, 9.17) is 0 Å². The molecule has 0 fully saturated rings. The van der Waals surface area contributed by atoms with Crippen LogP contribution in [-0.2, 0) is 16.2 Å². The molecule has 2 heteroatoms. The summed E-state index contributed by atoms with van der Waals surface area (Å²) in [6.45, 7) is 13.9. The highest BCUT2D eigenvalue weighted by Gasteiger charge is 2.45. The molecule has 0 bridgehead atoms. The molecular weight excluding hydrogens is 510 g/mol. The van der Waals surface area contributed by atoms with Crippen molar-refractivity contribution in [1.29, 1.82) is 0 Å². The minimum absolute atomic E-state index is 0.140. The third kappa shape index (κ3) is 3.08. The minimum atomic E-state index is -0.286. The van der Waals surface area contributed by atoms with Gasteiger partial charge in [0.25, 0.3) is 0 Å². The number of ketones is 1. The SMILES string of the molecule is CC1(C)c2ccccc2C(=O)c2cc3c(cc21)C(C)(C)c1ccc(-n2c4ccccc4c4ccccc42)cc1C3(C)C. The predicted molar refractivity (Wildman–Crippen MR) is 173 cm³/mol. The number of carbonyl (C=O) groups excluding carboxylic acids is 1. The highest BCUT2D eigenvalue weighted by atomic mass is 16.1. The van der Waals surface area contributed by atoms with Crippen molar-refractivity contribution in [2.45, 2.75) is 57.8 Å². The number of hydrogen-bond donors (Lipinski definition) is 0. The van der Waals surface area contributed by atoms with E-state index in [2.05, 4.69) is 137 Å². The Balaban J connectivity index is 1.38. The van der Waals surface area contributed by atoms with Gasteiger partial charge in [0.1, 0.15) is 0 Å². The lowest BCUT2D eigenvalue weighted by atomic mass is 9.57. The lowest BCUT2D eigenvalue weighted by Gasteiger charge is -2.46. The van der Waals surface area contributed by atoms with Crippen LogP contribution in [0.25, 0.3) is 27.5 Å². The fourth-order valence-corrected chi connectivity index (χ4v) is 8.08. The lowest BCUT2D eigenvalue weighted by Crippen LogP contribution is -2.39. The smallest absolute Gasteiger partial charge is 0.193 e. The van der Waals surface area contributed by atoms with E-state index in [1.807, 2.05) is 12.1 Å². The maximum absolute atomic E-state index is 14.0. The fourth-order valence-electron chi connectivity index (χ4n) is 8.08. The van der Waals surface area contributed by atoms with Crippen LogP contribution in [0.5, 0.6) is 0 Å². The molecule has 0 amide bonds. The van der Waals surface area contributed by atoms with Crippen LogP contribution in [0, 0.1) is 0 Å². The Bertz CT molecular complexity index is 2080. The molecule has 0 saturated heterocycles. The molecule has 2 aliphatic rings. The number of nitrogens with zero attached hydrogens (tertiary/aromatic N) is 1. The summed E-state index contributed by atoms with van der Waals surface area (Å²) < 4.78 is 2.40. The summed E-state index contributed by atoms with van der Waals surface area (Å²) in [4.78, 5) is 14.0. The molecule has 0 radical (unpaired) electrons. The molecule has 0 aliphatic heterocycles. The Morgan fingerprint density at radius 1 is 0.452 bits per heavy atom. The van der Waals surface area contributed by atoms with Gasteiger partial charge in [-0.05, 0) is 63.7 Å². The molecule has 2 nitrogen and oxygen atoms in total. The van der Waals surface area contributed by atoms with Gasteiger partial charge in [0.2, 0.25) is 0 Å². The molecule has 0 N–H and O–H groups in total. The van der Waals surface area contributed by atoms with Crippen molar-refractivity contribution in [3.8, 4) is 5.69 Å². The third-order valence-electron chi connectivity index (χ3n) is 10.5. The standard InChI is InChI=1S/C40H35NO/c1-38(2)29-16-10-7-15-27(29)37(42)28-22-33-34(23-31(28)38)39(3,4)30-20-19-24(21-32(30)40(33,5)6)41-35-17-11-8-13-25(35)26-14-9-12-18-36(26)41/h7-23H,1-6H3. The molecule has 5 aromatic carbocycles. The Hall–Kier alpha value is -4.43. The average Bonchev–Trinajstić information content (AvgIpc) is 3.33. The van der Waals surface area contributed by atoms with Gasteiger partial charge in [0, 0.05) is 43.8 Å². The summed E-state index contributed by atoms with van der Waals surface area (Å²) in [5.41, 5.74) is 12.0. The third-order valence-corrected chi connectivity index (χ3v) is 10.5. The van der Waals surface area contributed by atoms with Crippen molar-refractivity contribution >= 4 is 27.6 Å². The summed E-state index contributed by atoms with van der Waals surface area (Å²) in [6, 6.07) is 37.2.